The predicted octanol–water partition coefficient (Wildman–Crippen LogP) is 1.12. The number of carbonyl (C=O) groups is 1. The number of rotatable bonds is 2. The maximum absolute atomic E-state index is 11.4. The van der Waals surface area contributed by atoms with Crippen LogP contribution in [0.1, 0.15) is 38.5 Å². The van der Waals surface area contributed by atoms with Crippen molar-refractivity contribution < 1.29 is 4.79 Å². The van der Waals surface area contributed by atoms with Gasteiger partial charge < -0.3 is 10.6 Å². The molecule has 0 aromatic rings. The third kappa shape index (κ3) is 1.65. The van der Waals surface area contributed by atoms with Crippen molar-refractivity contribution in [2.24, 2.45) is 11.7 Å². The first kappa shape index (κ1) is 9.97. The third-order valence-corrected chi connectivity index (χ3v) is 3.93. The largest absolute Gasteiger partial charge is 0.341 e. The van der Waals surface area contributed by atoms with Crippen LogP contribution in [-0.4, -0.2) is 29.9 Å². The Morgan fingerprint density at radius 3 is 2.50 bits per heavy atom. The maximum atomic E-state index is 11.4. The van der Waals surface area contributed by atoms with E-state index in [0.717, 1.165) is 6.42 Å². The summed E-state index contributed by atoms with van der Waals surface area (Å²) in [6, 6.07) is 0.527. The van der Waals surface area contributed by atoms with Crippen LogP contribution in [0.4, 0.5) is 0 Å². The van der Waals surface area contributed by atoms with E-state index in [2.05, 4.69) is 0 Å². The summed E-state index contributed by atoms with van der Waals surface area (Å²) in [5.74, 6) is 0.928. The molecule has 2 rings (SSSR count). The molecule has 3 heteroatoms. The fraction of sp³-hybridized carbons (Fsp3) is 0.909. The van der Waals surface area contributed by atoms with Crippen LogP contribution in [-0.2, 0) is 4.79 Å². The summed E-state index contributed by atoms with van der Waals surface area (Å²) in [6.45, 7) is 0. The van der Waals surface area contributed by atoms with E-state index in [1.807, 2.05) is 11.9 Å². The van der Waals surface area contributed by atoms with Gasteiger partial charge in [-0.1, -0.05) is 12.8 Å². The minimum absolute atomic E-state index is 0.217. The van der Waals surface area contributed by atoms with Crippen LogP contribution in [0, 0.1) is 5.92 Å². The number of hydrogen-bond donors (Lipinski definition) is 1. The smallest absolute Gasteiger partial charge is 0.222 e. The number of nitrogens with zero attached hydrogens (tertiary/aromatic N) is 1. The number of likely N-dealkylation sites (tertiary alicyclic amines) is 1. The van der Waals surface area contributed by atoms with E-state index < -0.39 is 0 Å². The molecule has 3 nitrogen and oxygen atoms in total. The van der Waals surface area contributed by atoms with Crippen LogP contribution >= 0.6 is 0 Å². The molecule has 0 aromatic carbocycles. The van der Waals surface area contributed by atoms with Crippen molar-refractivity contribution >= 4 is 5.91 Å². The lowest BCUT2D eigenvalue weighted by Crippen LogP contribution is -2.47. The summed E-state index contributed by atoms with van der Waals surface area (Å²) in [5.41, 5.74) is 6.24. The van der Waals surface area contributed by atoms with Crippen molar-refractivity contribution in [2.45, 2.75) is 50.6 Å². The van der Waals surface area contributed by atoms with Gasteiger partial charge in [0.2, 0.25) is 5.91 Å². The Bertz CT molecular complexity index is 223. The van der Waals surface area contributed by atoms with Gasteiger partial charge >= 0.3 is 0 Å². The van der Waals surface area contributed by atoms with Gasteiger partial charge in [-0.3, -0.25) is 4.79 Å². The normalized spacial score (nSPS) is 31.4. The average molecular weight is 196 g/mol. The van der Waals surface area contributed by atoms with Crippen molar-refractivity contribution in [3.8, 4) is 0 Å². The summed E-state index contributed by atoms with van der Waals surface area (Å²) < 4.78 is 0. The van der Waals surface area contributed by atoms with Gasteiger partial charge in [0.15, 0.2) is 0 Å². The first-order chi connectivity index (χ1) is 6.70. The van der Waals surface area contributed by atoms with Gasteiger partial charge in [-0.05, 0) is 25.2 Å². The zero-order chi connectivity index (χ0) is 10.1. The van der Waals surface area contributed by atoms with Gasteiger partial charge in [0, 0.05) is 25.6 Å². The van der Waals surface area contributed by atoms with E-state index in [9.17, 15) is 4.79 Å². The lowest BCUT2D eigenvalue weighted by atomic mass is 9.91. The molecule has 0 aromatic heterocycles. The highest BCUT2D eigenvalue weighted by Gasteiger charge is 2.36. The second-order valence-corrected chi connectivity index (χ2v) is 4.73. The highest BCUT2D eigenvalue weighted by atomic mass is 16.2. The first-order valence-corrected chi connectivity index (χ1v) is 5.71. The molecule has 1 saturated heterocycles. The van der Waals surface area contributed by atoms with E-state index in [4.69, 9.17) is 5.73 Å². The summed E-state index contributed by atoms with van der Waals surface area (Å²) in [6.07, 6.45) is 6.83. The van der Waals surface area contributed by atoms with Gasteiger partial charge in [-0.15, -0.1) is 0 Å². The zero-order valence-corrected chi connectivity index (χ0v) is 8.91. The van der Waals surface area contributed by atoms with E-state index in [0.29, 0.717) is 18.4 Å². The van der Waals surface area contributed by atoms with E-state index in [-0.39, 0.29) is 11.9 Å². The van der Waals surface area contributed by atoms with Gasteiger partial charge in [-0.25, -0.2) is 0 Å². The Hall–Kier alpha value is -0.570. The topological polar surface area (TPSA) is 46.3 Å². The maximum Gasteiger partial charge on any atom is 0.222 e. The van der Waals surface area contributed by atoms with E-state index in [1.54, 1.807) is 0 Å². The first-order valence-electron chi connectivity index (χ1n) is 5.71. The lowest BCUT2D eigenvalue weighted by Gasteiger charge is -2.30. The van der Waals surface area contributed by atoms with Crippen LogP contribution in [0.2, 0.25) is 0 Å². The molecule has 1 aliphatic carbocycles. The Labute approximate surface area is 85.6 Å². The third-order valence-electron chi connectivity index (χ3n) is 3.93. The van der Waals surface area contributed by atoms with Gasteiger partial charge in [0.25, 0.3) is 0 Å². The van der Waals surface area contributed by atoms with Gasteiger partial charge in [-0.2, -0.15) is 0 Å². The minimum atomic E-state index is 0.217. The highest BCUT2D eigenvalue weighted by Crippen LogP contribution is 2.32. The second-order valence-electron chi connectivity index (χ2n) is 4.73. The molecule has 2 unspecified atom stereocenters. The van der Waals surface area contributed by atoms with Crippen LogP contribution in [0.3, 0.4) is 0 Å². The molecular formula is C11H20N2O. The lowest BCUT2D eigenvalue weighted by molar-refractivity contribution is -0.128. The fourth-order valence-corrected chi connectivity index (χ4v) is 2.93. The highest BCUT2D eigenvalue weighted by molar-refractivity contribution is 5.78. The number of amides is 1. The minimum Gasteiger partial charge on any atom is -0.341 e. The Morgan fingerprint density at radius 1 is 1.36 bits per heavy atom. The van der Waals surface area contributed by atoms with Crippen LogP contribution in [0.25, 0.3) is 0 Å². The summed E-state index contributed by atoms with van der Waals surface area (Å²) in [5, 5.41) is 0. The molecule has 1 amide bonds. The number of carbonyl (C=O) groups excluding carboxylic acids is 1. The van der Waals surface area contributed by atoms with Crippen molar-refractivity contribution in [2.75, 3.05) is 7.05 Å². The summed E-state index contributed by atoms with van der Waals surface area (Å²) in [7, 11) is 1.90. The average Bonchev–Trinajstić information content (AvgIpc) is 2.77. The molecule has 1 heterocycles. The van der Waals surface area contributed by atoms with Crippen LogP contribution in [0.15, 0.2) is 0 Å². The van der Waals surface area contributed by atoms with Crippen molar-refractivity contribution in [3.05, 3.63) is 0 Å². The number of nitrogens with two attached hydrogens (primary N) is 1. The SMILES string of the molecule is CN1C(=O)CCC1C(N)C1CCCC1. The Kier molecular flexibility index (Phi) is 2.77. The van der Waals surface area contributed by atoms with Crippen molar-refractivity contribution in [3.63, 3.8) is 0 Å². The Morgan fingerprint density at radius 2 is 2.00 bits per heavy atom. The fourth-order valence-electron chi connectivity index (χ4n) is 2.93. The van der Waals surface area contributed by atoms with Crippen LogP contribution < -0.4 is 5.73 Å². The number of hydrogen-bond acceptors (Lipinski definition) is 2. The quantitative estimate of drug-likeness (QED) is 0.719. The van der Waals surface area contributed by atoms with E-state index >= 15 is 0 Å². The zero-order valence-electron chi connectivity index (χ0n) is 8.91. The monoisotopic (exact) mass is 196 g/mol. The summed E-state index contributed by atoms with van der Waals surface area (Å²) in [4.78, 5) is 13.2. The number of likely N-dealkylation sites (N-methyl/N-ethyl adjacent to an activating group) is 1. The molecule has 0 radical (unpaired) electrons. The molecule has 0 spiro atoms. The predicted molar refractivity (Wildman–Crippen MR) is 55.7 cm³/mol. The van der Waals surface area contributed by atoms with Crippen molar-refractivity contribution in [1.82, 2.24) is 4.90 Å². The van der Waals surface area contributed by atoms with Crippen molar-refractivity contribution in [1.29, 1.82) is 0 Å². The molecule has 14 heavy (non-hydrogen) atoms. The molecule has 0 bridgehead atoms. The summed E-state index contributed by atoms with van der Waals surface area (Å²) >= 11 is 0. The molecule has 1 saturated carbocycles. The van der Waals surface area contributed by atoms with Gasteiger partial charge in [0.1, 0.15) is 0 Å². The molecule has 2 atom stereocenters. The standard InChI is InChI=1S/C11H20N2O/c1-13-9(6-7-10(13)14)11(12)8-4-2-3-5-8/h8-9,11H,2-7,12H2,1H3. The van der Waals surface area contributed by atoms with E-state index in [1.165, 1.54) is 25.7 Å². The molecule has 80 valence electrons. The molecule has 1 aliphatic heterocycles. The second kappa shape index (κ2) is 3.89. The molecule has 2 N–H and O–H groups in total. The molecular weight excluding hydrogens is 176 g/mol. The molecule has 2 aliphatic rings. The Balaban J connectivity index is 1.97. The van der Waals surface area contributed by atoms with Crippen LogP contribution in [0.5, 0.6) is 0 Å². The molecule has 2 fully saturated rings. The van der Waals surface area contributed by atoms with Gasteiger partial charge in [0.05, 0.1) is 0 Å².